The van der Waals surface area contributed by atoms with Gasteiger partial charge in [0.1, 0.15) is 0 Å². The predicted molar refractivity (Wildman–Crippen MR) is 64.9 cm³/mol. The third-order valence-corrected chi connectivity index (χ3v) is 3.38. The lowest BCUT2D eigenvalue weighted by atomic mass is 9.70. The van der Waals surface area contributed by atoms with E-state index in [1.54, 1.807) is 0 Å². The molecule has 0 aromatic carbocycles. The Balaban J connectivity index is 2.29. The molecule has 0 aromatic rings. The Morgan fingerprint density at radius 1 is 1.40 bits per heavy atom. The second kappa shape index (κ2) is 5.31. The molecular formula is C13H27NO. The van der Waals surface area contributed by atoms with E-state index in [1.165, 1.54) is 19.3 Å². The molecule has 1 fully saturated rings. The molecule has 1 saturated carbocycles. The minimum Gasteiger partial charge on any atom is -0.393 e. The maximum atomic E-state index is 9.20. The maximum Gasteiger partial charge on any atom is 0.0524 e. The monoisotopic (exact) mass is 213 g/mol. The highest BCUT2D eigenvalue weighted by Gasteiger charge is 2.31. The number of nitrogens with one attached hydrogen (secondary N) is 1. The molecule has 0 bridgehead atoms. The zero-order valence-corrected chi connectivity index (χ0v) is 10.7. The summed E-state index contributed by atoms with van der Waals surface area (Å²) in [5.74, 6) is 0.831. The quantitative estimate of drug-likeness (QED) is 0.752. The van der Waals surface area contributed by atoms with E-state index in [0.717, 1.165) is 18.9 Å². The molecule has 2 heteroatoms. The third-order valence-electron chi connectivity index (χ3n) is 3.38. The lowest BCUT2D eigenvalue weighted by Gasteiger charge is -2.39. The van der Waals surface area contributed by atoms with E-state index in [-0.39, 0.29) is 6.10 Å². The van der Waals surface area contributed by atoms with Crippen molar-refractivity contribution in [2.24, 2.45) is 11.3 Å². The fourth-order valence-electron chi connectivity index (χ4n) is 3.00. The summed E-state index contributed by atoms with van der Waals surface area (Å²) in [7, 11) is 0. The van der Waals surface area contributed by atoms with Gasteiger partial charge in [0.2, 0.25) is 0 Å². The molecule has 2 nitrogen and oxygen atoms in total. The van der Waals surface area contributed by atoms with Crippen molar-refractivity contribution in [3.05, 3.63) is 0 Å². The van der Waals surface area contributed by atoms with Crippen molar-refractivity contribution in [3.63, 3.8) is 0 Å². The molecule has 0 amide bonds. The smallest absolute Gasteiger partial charge is 0.0524 e. The van der Waals surface area contributed by atoms with Crippen LogP contribution in [0.3, 0.4) is 0 Å². The van der Waals surface area contributed by atoms with Gasteiger partial charge in [-0.1, -0.05) is 20.8 Å². The van der Waals surface area contributed by atoms with Crippen LogP contribution in [0, 0.1) is 11.3 Å². The Kier molecular flexibility index (Phi) is 4.60. The summed E-state index contributed by atoms with van der Waals surface area (Å²) < 4.78 is 0. The van der Waals surface area contributed by atoms with Gasteiger partial charge in [0, 0.05) is 6.04 Å². The minimum atomic E-state index is -0.175. The van der Waals surface area contributed by atoms with Crippen LogP contribution in [0.25, 0.3) is 0 Å². The highest BCUT2D eigenvalue weighted by atomic mass is 16.3. The molecule has 0 heterocycles. The van der Waals surface area contributed by atoms with Crippen molar-refractivity contribution in [1.82, 2.24) is 5.32 Å². The first-order valence-corrected chi connectivity index (χ1v) is 6.30. The Labute approximate surface area is 94.5 Å². The standard InChI is InChI=1S/C13H27NO/c1-10-7-12(9-13(3,4)8-10)14-6-5-11(2)15/h10-12,14-15H,5-9H2,1-4H3/t10-,11+,12-/m1/s1. The number of hydrogen-bond donors (Lipinski definition) is 2. The van der Waals surface area contributed by atoms with Crippen molar-refractivity contribution in [2.75, 3.05) is 6.54 Å². The number of aliphatic hydroxyl groups is 1. The first-order chi connectivity index (χ1) is 6.89. The molecule has 1 aliphatic carbocycles. The van der Waals surface area contributed by atoms with Crippen LogP contribution < -0.4 is 5.32 Å². The summed E-state index contributed by atoms with van der Waals surface area (Å²) in [5, 5.41) is 12.8. The van der Waals surface area contributed by atoms with E-state index in [0.29, 0.717) is 11.5 Å². The summed E-state index contributed by atoms with van der Waals surface area (Å²) in [4.78, 5) is 0. The van der Waals surface area contributed by atoms with Crippen molar-refractivity contribution >= 4 is 0 Å². The molecule has 1 rings (SSSR count). The van der Waals surface area contributed by atoms with Gasteiger partial charge in [-0.2, -0.15) is 0 Å². The minimum absolute atomic E-state index is 0.175. The van der Waals surface area contributed by atoms with Crippen LogP contribution in [0.4, 0.5) is 0 Å². The van der Waals surface area contributed by atoms with Gasteiger partial charge in [0.15, 0.2) is 0 Å². The van der Waals surface area contributed by atoms with Crippen molar-refractivity contribution < 1.29 is 5.11 Å². The molecule has 15 heavy (non-hydrogen) atoms. The Morgan fingerprint density at radius 3 is 2.60 bits per heavy atom. The van der Waals surface area contributed by atoms with Gasteiger partial charge in [-0.25, -0.2) is 0 Å². The van der Waals surface area contributed by atoms with Gasteiger partial charge < -0.3 is 10.4 Å². The predicted octanol–water partition coefficient (Wildman–Crippen LogP) is 2.56. The molecule has 0 unspecified atom stereocenters. The molecule has 0 saturated heterocycles. The highest BCUT2D eigenvalue weighted by Crippen LogP contribution is 2.38. The van der Waals surface area contributed by atoms with Crippen molar-refractivity contribution in [1.29, 1.82) is 0 Å². The zero-order chi connectivity index (χ0) is 11.5. The van der Waals surface area contributed by atoms with Crippen LogP contribution in [0.2, 0.25) is 0 Å². The van der Waals surface area contributed by atoms with Gasteiger partial charge in [-0.3, -0.25) is 0 Å². The van der Waals surface area contributed by atoms with Gasteiger partial charge in [-0.15, -0.1) is 0 Å². The van der Waals surface area contributed by atoms with Gasteiger partial charge >= 0.3 is 0 Å². The summed E-state index contributed by atoms with van der Waals surface area (Å²) in [5.41, 5.74) is 0.486. The second-order valence-electron chi connectivity index (χ2n) is 6.20. The topological polar surface area (TPSA) is 32.3 Å². The third kappa shape index (κ3) is 4.98. The number of hydrogen-bond acceptors (Lipinski definition) is 2. The van der Waals surface area contributed by atoms with Crippen LogP contribution in [0.1, 0.15) is 53.4 Å². The zero-order valence-electron chi connectivity index (χ0n) is 10.7. The van der Waals surface area contributed by atoms with E-state index in [4.69, 9.17) is 0 Å². The summed E-state index contributed by atoms with van der Waals surface area (Å²) in [6, 6.07) is 0.655. The molecule has 3 atom stereocenters. The van der Waals surface area contributed by atoms with Crippen LogP contribution in [0.5, 0.6) is 0 Å². The van der Waals surface area contributed by atoms with Gasteiger partial charge in [0.05, 0.1) is 6.10 Å². The van der Waals surface area contributed by atoms with E-state index in [1.807, 2.05) is 6.92 Å². The molecule has 1 aliphatic rings. The number of aliphatic hydroxyl groups excluding tert-OH is 1. The average molecular weight is 213 g/mol. The van der Waals surface area contributed by atoms with Gasteiger partial charge in [0.25, 0.3) is 0 Å². The SMILES string of the molecule is C[C@@H]1C[C@@H](NCC[C@H](C)O)CC(C)(C)C1. The van der Waals surface area contributed by atoms with E-state index in [2.05, 4.69) is 26.1 Å². The van der Waals surface area contributed by atoms with E-state index in [9.17, 15) is 5.11 Å². The normalized spacial score (nSPS) is 32.6. The van der Waals surface area contributed by atoms with E-state index >= 15 is 0 Å². The molecule has 90 valence electrons. The largest absolute Gasteiger partial charge is 0.393 e. The van der Waals surface area contributed by atoms with E-state index < -0.39 is 0 Å². The van der Waals surface area contributed by atoms with Crippen molar-refractivity contribution in [2.45, 2.75) is 65.5 Å². The van der Waals surface area contributed by atoms with Crippen LogP contribution in [0.15, 0.2) is 0 Å². The summed E-state index contributed by atoms with van der Waals surface area (Å²) in [6.45, 7) is 9.89. The molecule has 0 aromatic heterocycles. The molecular weight excluding hydrogens is 186 g/mol. The van der Waals surface area contributed by atoms with Crippen LogP contribution in [-0.4, -0.2) is 23.8 Å². The Bertz CT molecular complexity index is 189. The lowest BCUT2D eigenvalue weighted by Crippen LogP contribution is -2.40. The van der Waals surface area contributed by atoms with Crippen LogP contribution in [-0.2, 0) is 0 Å². The Morgan fingerprint density at radius 2 is 2.07 bits per heavy atom. The van der Waals surface area contributed by atoms with Gasteiger partial charge in [-0.05, 0) is 50.5 Å². The molecule has 2 N–H and O–H groups in total. The van der Waals surface area contributed by atoms with Crippen LogP contribution >= 0.6 is 0 Å². The maximum absolute atomic E-state index is 9.20. The first-order valence-electron chi connectivity index (χ1n) is 6.30. The molecule has 0 aliphatic heterocycles. The summed E-state index contributed by atoms with van der Waals surface area (Å²) >= 11 is 0. The number of rotatable bonds is 4. The highest BCUT2D eigenvalue weighted by molar-refractivity contribution is 4.86. The molecule has 0 radical (unpaired) electrons. The van der Waals surface area contributed by atoms with Crippen molar-refractivity contribution in [3.8, 4) is 0 Å². The average Bonchev–Trinajstić information content (AvgIpc) is 1.98. The summed E-state index contributed by atoms with van der Waals surface area (Å²) in [6.07, 6.45) is 4.61. The fraction of sp³-hybridized carbons (Fsp3) is 1.00. The molecule has 0 spiro atoms. The Hall–Kier alpha value is -0.0800. The first kappa shape index (κ1) is 13.0. The lowest BCUT2D eigenvalue weighted by molar-refractivity contribution is 0.143. The second-order valence-corrected chi connectivity index (χ2v) is 6.20. The fourth-order valence-corrected chi connectivity index (χ4v) is 3.00.